The second-order valence-corrected chi connectivity index (χ2v) is 9.15. The number of nitrogens with one attached hydrogen (secondary N) is 1. The van der Waals surface area contributed by atoms with E-state index in [1.807, 2.05) is 42.4 Å². The number of rotatable bonds is 8. The molecule has 0 aromatic heterocycles. The number of allylic oxidation sites excluding steroid dienone is 1. The van der Waals surface area contributed by atoms with E-state index in [-0.39, 0.29) is 25.0 Å². The first-order valence-corrected chi connectivity index (χ1v) is 12.0. The van der Waals surface area contributed by atoms with Gasteiger partial charge in [0, 0.05) is 18.8 Å². The van der Waals surface area contributed by atoms with Crippen LogP contribution < -0.4 is 5.32 Å². The molecule has 1 saturated heterocycles. The number of carbonyl (C=O) groups is 2. The number of esters is 1. The molecule has 1 amide bonds. The quantitative estimate of drug-likeness (QED) is 0.460. The summed E-state index contributed by atoms with van der Waals surface area (Å²) in [5.74, 6) is -0.510. The fourth-order valence-electron chi connectivity index (χ4n) is 4.26. The normalized spacial score (nSPS) is 21.9. The molecule has 0 radical (unpaired) electrons. The maximum atomic E-state index is 13.1. The Kier molecular flexibility index (Phi) is 7.35. The largest absolute Gasteiger partial charge is 0.458 e. The molecule has 0 unspecified atom stereocenters. The van der Waals surface area contributed by atoms with E-state index in [0.717, 1.165) is 41.4 Å². The zero-order valence-electron chi connectivity index (χ0n) is 19.0. The average Bonchev–Trinajstić information content (AvgIpc) is 3.45. The summed E-state index contributed by atoms with van der Waals surface area (Å²) in [5, 5.41) is 5.68. The Balaban J connectivity index is 1.60. The molecule has 2 atom stereocenters. The molecule has 1 aromatic rings. The highest BCUT2D eigenvalue weighted by molar-refractivity contribution is 8.16. The van der Waals surface area contributed by atoms with Crippen molar-refractivity contribution >= 4 is 28.8 Å². The molecule has 1 fully saturated rings. The summed E-state index contributed by atoms with van der Waals surface area (Å²) in [6.45, 7) is 8.86. The van der Waals surface area contributed by atoms with E-state index in [0.29, 0.717) is 17.8 Å². The van der Waals surface area contributed by atoms with Gasteiger partial charge in [0.25, 0.3) is 0 Å². The first-order chi connectivity index (χ1) is 16.0. The molecule has 8 heteroatoms. The Bertz CT molecular complexity index is 1040. The molecule has 174 valence electrons. The predicted molar refractivity (Wildman–Crippen MR) is 129 cm³/mol. The summed E-state index contributed by atoms with van der Waals surface area (Å²) in [7, 11) is 0. The van der Waals surface area contributed by atoms with E-state index in [9.17, 15) is 9.59 Å². The lowest BCUT2D eigenvalue weighted by atomic mass is 9.93. The molecule has 7 nitrogen and oxygen atoms in total. The predicted octanol–water partition coefficient (Wildman–Crippen LogP) is 3.98. The molecular weight excluding hydrogens is 438 g/mol. The van der Waals surface area contributed by atoms with Crippen molar-refractivity contribution in [3.63, 3.8) is 0 Å². The van der Waals surface area contributed by atoms with E-state index in [1.165, 1.54) is 11.8 Å². The van der Waals surface area contributed by atoms with Gasteiger partial charge in [0.05, 0.1) is 29.8 Å². The summed E-state index contributed by atoms with van der Waals surface area (Å²) in [6.07, 6.45) is 3.82. The third-order valence-corrected chi connectivity index (χ3v) is 6.69. The Morgan fingerprint density at radius 3 is 2.97 bits per heavy atom. The molecule has 33 heavy (non-hydrogen) atoms. The maximum Gasteiger partial charge on any atom is 0.338 e. The van der Waals surface area contributed by atoms with E-state index in [1.54, 1.807) is 6.08 Å². The van der Waals surface area contributed by atoms with Crippen molar-refractivity contribution < 1.29 is 19.1 Å². The van der Waals surface area contributed by atoms with Gasteiger partial charge in [-0.25, -0.2) is 9.79 Å². The molecule has 4 rings (SSSR count). The number of aliphatic imine (C=N–C) groups is 1. The van der Waals surface area contributed by atoms with Gasteiger partial charge in [0.15, 0.2) is 5.17 Å². The smallest absolute Gasteiger partial charge is 0.338 e. The van der Waals surface area contributed by atoms with Gasteiger partial charge < -0.3 is 19.7 Å². The number of benzene rings is 1. The number of amidine groups is 1. The summed E-state index contributed by atoms with van der Waals surface area (Å²) < 4.78 is 11.0. The highest BCUT2D eigenvalue weighted by atomic mass is 32.2. The van der Waals surface area contributed by atoms with E-state index >= 15 is 0 Å². The Morgan fingerprint density at radius 1 is 1.39 bits per heavy atom. The molecule has 0 bridgehead atoms. The first kappa shape index (κ1) is 23.3. The minimum Gasteiger partial charge on any atom is -0.458 e. The lowest BCUT2D eigenvalue weighted by Gasteiger charge is -2.36. The minimum absolute atomic E-state index is 0.0800. The standard InChI is InChI=1S/C25H29N3O4S/c1-4-10-32-24(30)22-17(3)27-25-28(23(22)18-8-5-7-16(2)12-18)19(15-33-25)13-21(29)26-14-20-9-6-11-31-20/h4-5,7-8,12,15,20,23H,1,6,9-11,13-14H2,2-3H3,(H,26,29)/t20-,23-/m0/s1. The maximum absolute atomic E-state index is 13.1. The average molecular weight is 468 g/mol. The highest BCUT2D eigenvalue weighted by Crippen LogP contribution is 2.44. The lowest BCUT2D eigenvalue weighted by Crippen LogP contribution is -2.38. The zero-order valence-corrected chi connectivity index (χ0v) is 19.8. The minimum atomic E-state index is -0.430. The zero-order chi connectivity index (χ0) is 23.4. The number of amides is 1. The van der Waals surface area contributed by atoms with Crippen LogP contribution in [0.5, 0.6) is 0 Å². The molecule has 0 spiro atoms. The van der Waals surface area contributed by atoms with Crippen LogP contribution in [0.3, 0.4) is 0 Å². The molecular formula is C25H29N3O4S. The van der Waals surface area contributed by atoms with Crippen molar-refractivity contribution in [2.24, 2.45) is 4.99 Å². The lowest BCUT2D eigenvalue weighted by molar-refractivity contribution is -0.138. The van der Waals surface area contributed by atoms with Crippen molar-refractivity contribution in [2.45, 2.75) is 45.3 Å². The van der Waals surface area contributed by atoms with Crippen molar-refractivity contribution in [1.29, 1.82) is 0 Å². The Hall–Kier alpha value is -2.84. The second kappa shape index (κ2) is 10.4. The number of aryl methyl sites for hydroxylation is 1. The van der Waals surface area contributed by atoms with Crippen LogP contribution in [0, 0.1) is 6.92 Å². The van der Waals surface area contributed by atoms with Crippen LogP contribution in [0.15, 0.2) is 64.3 Å². The van der Waals surface area contributed by atoms with Gasteiger partial charge in [-0.1, -0.05) is 54.2 Å². The Morgan fingerprint density at radius 2 is 2.24 bits per heavy atom. The van der Waals surface area contributed by atoms with E-state index in [2.05, 4.69) is 23.0 Å². The highest BCUT2D eigenvalue weighted by Gasteiger charge is 2.41. The molecule has 3 aliphatic rings. The summed E-state index contributed by atoms with van der Waals surface area (Å²) in [6, 6.07) is 7.61. The van der Waals surface area contributed by atoms with E-state index < -0.39 is 12.0 Å². The number of hydrogen-bond donors (Lipinski definition) is 1. The van der Waals surface area contributed by atoms with Crippen LogP contribution in [0.25, 0.3) is 0 Å². The molecule has 0 aliphatic carbocycles. The first-order valence-electron chi connectivity index (χ1n) is 11.1. The van der Waals surface area contributed by atoms with Crippen LogP contribution in [0.4, 0.5) is 0 Å². The van der Waals surface area contributed by atoms with Crippen LogP contribution in [0.1, 0.15) is 43.4 Å². The van der Waals surface area contributed by atoms with Crippen molar-refractivity contribution in [2.75, 3.05) is 19.8 Å². The number of carbonyl (C=O) groups excluding carboxylic acids is 2. The van der Waals surface area contributed by atoms with Crippen molar-refractivity contribution in [1.82, 2.24) is 10.2 Å². The number of ether oxygens (including phenoxy) is 2. The third kappa shape index (κ3) is 5.23. The van der Waals surface area contributed by atoms with Crippen LogP contribution in [-0.4, -0.2) is 47.8 Å². The number of nitrogens with zero attached hydrogens (tertiary/aromatic N) is 2. The van der Waals surface area contributed by atoms with Gasteiger partial charge in [0.1, 0.15) is 6.61 Å². The number of thioether (sulfide) groups is 1. The van der Waals surface area contributed by atoms with Gasteiger partial charge in [-0.05, 0) is 37.7 Å². The summed E-state index contributed by atoms with van der Waals surface area (Å²) >= 11 is 1.46. The fourth-order valence-corrected chi connectivity index (χ4v) is 5.22. The van der Waals surface area contributed by atoms with Crippen LogP contribution >= 0.6 is 11.8 Å². The third-order valence-electron chi connectivity index (χ3n) is 5.80. The van der Waals surface area contributed by atoms with Gasteiger partial charge >= 0.3 is 5.97 Å². The molecule has 0 saturated carbocycles. The van der Waals surface area contributed by atoms with Crippen molar-refractivity contribution in [3.8, 4) is 0 Å². The van der Waals surface area contributed by atoms with Gasteiger partial charge in [-0.15, -0.1) is 0 Å². The van der Waals surface area contributed by atoms with Crippen molar-refractivity contribution in [3.05, 3.63) is 70.4 Å². The van der Waals surface area contributed by atoms with Gasteiger partial charge in [-0.2, -0.15) is 0 Å². The number of hydrogen-bond acceptors (Lipinski definition) is 7. The molecule has 3 aliphatic heterocycles. The molecule has 1 N–H and O–H groups in total. The van der Waals surface area contributed by atoms with Gasteiger partial charge in [0.2, 0.25) is 5.91 Å². The summed E-state index contributed by atoms with van der Waals surface area (Å²) in [5.41, 5.74) is 3.92. The summed E-state index contributed by atoms with van der Waals surface area (Å²) in [4.78, 5) is 32.5. The fraction of sp³-hybridized carbons (Fsp3) is 0.400. The topological polar surface area (TPSA) is 80.2 Å². The molecule has 1 aromatic carbocycles. The Labute approximate surface area is 198 Å². The number of fused-ring (bicyclic) bond motifs is 1. The van der Waals surface area contributed by atoms with Crippen LogP contribution in [-0.2, 0) is 19.1 Å². The SMILES string of the molecule is C=CCOC(=O)C1=C(C)N=C2SC=C(CC(=O)NC[C@@H]3CCCO3)N2[C@H]1c1cccc(C)c1. The second-order valence-electron chi connectivity index (χ2n) is 8.31. The van der Waals surface area contributed by atoms with Crippen LogP contribution in [0.2, 0.25) is 0 Å². The van der Waals surface area contributed by atoms with E-state index in [4.69, 9.17) is 9.47 Å². The molecule has 3 heterocycles. The monoisotopic (exact) mass is 467 g/mol. The van der Waals surface area contributed by atoms with Gasteiger partial charge in [-0.3, -0.25) is 4.79 Å².